The zero-order valence-electron chi connectivity index (χ0n) is 13.6. The van der Waals surface area contributed by atoms with Crippen molar-refractivity contribution in [2.45, 2.75) is 59.4 Å². The molecule has 0 bridgehead atoms. The van der Waals surface area contributed by atoms with Crippen LogP contribution in [0.4, 0.5) is 5.13 Å². The van der Waals surface area contributed by atoms with Gasteiger partial charge < -0.3 is 10.2 Å². The highest BCUT2D eigenvalue weighted by Crippen LogP contribution is 2.36. The molecule has 2 rings (SSSR count). The molecular formula is C16H29N3S. The molecule has 20 heavy (non-hydrogen) atoms. The summed E-state index contributed by atoms with van der Waals surface area (Å²) in [6.07, 6.45) is 2.61. The Bertz CT molecular complexity index is 433. The number of aromatic nitrogens is 1. The molecule has 0 radical (unpaired) electrons. The molecule has 0 saturated carbocycles. The molecule has 1 N–H and O–H groups in total. The Morgan fingerprint density at radius 2 is 2.10 bits per heavy atom. The van der Waals surface area contributed by atoms with Gasteiger partial charge in [0.1, 0.15) is 0 Å². The highest BCUT2D eigenvalue weighted by molar-refractivity contribution is 7.15. The summed E-state index contributed by atoms with van der Waals surface area (Å²) in [5, 5.41) is 4.69. The van der Waals surface area contributed by atoms with Gasteiger partial charge in [0, 0.05) is 29.9 Å². The van der Waals surface area contributed by atoms with Crippen molar-refractivity contribution in [1.82, 2.24) is 10.3 Å². The van der Waals surface area contributed by atoms with Crippen molar-refractivity contribution in [3.05, 3.63) is 10.6 Å². The van der Waals surface area contributed by atoms with Gasteiger partial charge in [0.05, 0.1) is 5.69 Å². The molecule has 1 aliphatic heterocycles. The maximum absolute atomic E-state index is 4.99. The zero-order valence-corrected chi connectivity index (χ0v) is 14.4. The molecule has 3 nitrogen and oxygen atoms in total. The lowest BCUT2D eigenvalue weighted by molar-refractivity contribution is 0.559. The smallest absolute Gasteiger partial charge is 0.185 e. The van der Waals surface area contributed by atoms with Crippen molar-refractivity contribution in [1.29, 1.82) is 0 Å². The van der Waals surface area contributed by atoms with E-state index in [0.717, 1.165) is 19.0 Å². The Labute approximate surface area is 127 Å². The summed E-state index contributed by atoms with van der Waals surface area (Å²) in [5.74, 6) is 0.856. The van der Waals surface area contributed by atoms with E-state index in [-0.39, 0.29) is 5.41 Å². The first kappa shape index (κ1) is 15.8. The largest absolute Gasteiger partial charge is 0.348 e. The Balaban J connectivity index is 2.20. The van der Waals surface area contributed by atoms with Gasteiger partial charge >= 0.3 is 0 Å². The molecule has 0 amide bonds. The molecule has 1 aromatic rings. The van der Waals surface area contributed by atoms with Crippen LogP contribution in [0.3, 0.4) is 0 Å². The van der Waals surface area contributed by atoms with Crippen molar-refractivity contribution >= 4 is 16.5 Å². The van der Waals surface area contributed by atoms with Crippen molar-refractivity contribution in [3.63, 3.8) is 0 Å². The summed E-state index contributed by atoms with van der Waals surface area (Å²) in [6, 6.07) is 0. The van der Waals surface area contributed by atoms with Crippen LogP contribution in [-0.4, -0.2) is 24.6 Å². The minimum absolute atomic E-state index is 0.128. The zero-order chi connectivity index (χ0) is 14.8. The van der Waals surface area contributed by atoms with Gasteiger partial charge in [-0.25, -0.2) is 4.98 Å². The third kappa shape index (κ3) is 3.53. The lowest BCUT2D eigenvalue weighted by Crippen LogP contribution is -2.20. The molecule has 114 valence electrons. The van der Waals surface area contributed by atoms with E-state index in [2.05, 4.69) is 44.8 Å². The summed E-state index contributed by atoms with van der Waals surface area (Å²) in [5.41, 5.74) is 1.40. The highest BCUT2D eigenvalue weighted by Gasteiger charge is 2.28. The van der Waals surface area contributed by atoms with Crippen molar-refractivity contribution in [3.8, 4) is 0 Å². The molecule has 1 unspecified atom stereocenters. The molecule has 1 aromatic heterocycles. The first-order valence-corrected chi connectivity index (χ1v) is 8.73. The van der Waals surface area contributed by atoms with Gasteiger partial charge in [0.2, 0.25) is 0 Å². The number of hydrogen-bond donors (Lipinski definition) is 1. The van der Waals surface area contributed by atoms with Crippen LogP contribution in [0.5, 0.6) is 0 Å². The van der Waals surface area contributed by atoms with Crippen LogP contribution < -0.4 is 10.2 Å². The fourth-order valence-electron chi connectivity index (χ4n) is 2.76. The standard InChI is InChI=1S/C16H29N3S/c1-6-12-8-9-19(11-12)15-18-14(16(3,4)5)13(20-15)10-17-7-2/h12,17H,6-11H2,1-5H3. The third-order valence-electron chi connectivity index (χ3n) is 4.07. The summed E-state index contributed by atoms with van der Waals surface area (Å²) in [6.45, 7) is 15.6. The topological polar surface area (TPSA) is 28.2 Å². The molecule has 4 heteroatoms. The molecule has 1 atom stereocenters. The number of rotatable bonds is 5. The van der Waals surface area contributed by atoms with E-state index in [1.165, 1.54) is 41.6 Å². The number of hydrogen-bond acceptors (Lipinski definition) is 4. The lowest BCUT2D eigenvalue weighted by atomic mass is 9.91. The van der Waals surface area contributed by atoms with E-state index >= 15 is 0 Å². The summed E-state index contributed by atoms with van der Waals surface area (Å²) < 4.78 is 0. The molecule has 1 aliphatic rings. The minimum atomic E-state index is 0.128. The predicted octanol–water partition coefficient (Wildman–Crippen LogP) is 3.79. The van der Waals surface area contributed by atoms with Crippen LogP contribution in [0.1, 0.15) is 58.0 Å². The van der Waals surface area contributed by atoms with Crippen LogP contribution in [0.2, 0.25) is 0 Å². The van der Waals surface area contributed by atoms with Gasteiger partial charge in [0.25, 0.3) is 0 Å². The van der Waals surface area contributed by atoms with Crippen LogP contribution in [0.15, 0.2) is 0 Å². The molecule has 2 heterocycles. The van der Waals surface area contributed by atoms with Crippen LogP contribution in [-0.2, 0) is 12.0 Å². The lowest BCUT2D eigenvalue weighted by Gasteiger charge is -2.18. The van der Waals surface area contributed by atoms with Gasteiger partial charge in [-0.2, -0.15) is 0 Å². The predicted molar refractivity (Wildman–Crippen MR) is 88.8 cm³/mol. The SMILES string of the molecule is CCNCc1sc(N2CCC(CC)C2)nc1C(C)(C)C. The van der Waals surface area contributed by atoms with E-state index in [1.807, 2.05) is 11.3 Å². The van der Waals surface area contributed by atoms with Gasteiger partial charge in [0.15, 0.2) is 5.13 Å². The number of nitrogens with zero attached hydrogens (tertiary/aromatic N) is 2. The van der Waals surface area contributed by atoms with Gasteiger partial charge in [-0.1, -0.05) is 41.0 Å². The Morgan fingerprint density at radius 3 is 2.65 bits per heavy atom. The van der Waals surface area contributed by atoms with Crippen LogP contribution in [0.25, 0.3) is 0 Å². The molecule has 1 fully saturated rings. The number of anilines is 1. The van der Waals surface area contributed by atoms with Gasteiger partial charge in [-0.05, 0) is 18.9 Å². The summed E-state index contributed by atoms with van der Waals surface area (Å²) >= 11 is 1.89. The quantitative estimate of drug-likeness (QED) is 0.896. The highest BCUT2D eigenvalue weighted by atomic mass is 32.1. The van der Waals surface area contributed by atoms with Gasteiger partial charge in [-0.3, -0.25) is 0 Å². The monoisotopic (exact) mass is 295 g/mol. The van der Waals surface area contributed by atoms with E-state index in [4.69, 9.17) is 4.98 Å². The Morgan fingerprint density at radius 1 is 1.35 bits per heavy atom. The second-order valence-electron chi connectivity index (χ2n) is 6.81. The fraction of sp³-hybridized carbons (Fsp3) is 0.812. The first-order valence-electron chi connectivity index (χ1n) is 7.91. The van der Waals surface area contributed by atoms with Gasteiger partial charge in [-0.15, -0.1) is 11.3 Å². The van der Waals surface area contributed by atoms with E-state index in [9.17, 15) is 0 Å². The van der Waals surface area contributed by atoms with Crippen LogP contribution in [0, 0.1) is 5.92 Å². The number of nitrogens with one attached hydrogen (secondary N) is 1. The maximum atomic E-state index is 4.99. The normalized spacial score (nSPS) is 19.9. The minimum Gasteiger partial charge on any atom is -0.348 e. The molecular weight excluding hydrogens is 266 g/mol. The average Bonchev–Trinajstić information content (AvgIpc) is 3.01. The second-order valence-corrected chi connectivity index (χ2v) is 7.87. The third-order valence-corrected chi connectivity index (χ3v) is 5.18. The Kier molecular flexibility index (Phi) is 5.08. The molecule has 0 spiro atoms. The number of thiazole rings is 1. The average molecular weight is 295 g/mol. The van der Waals surface area contributed by atoms with Crippen molar-refractivity contribution in [2.75, 3.05) is 24.5 Å². The maximum Gasteiger partial charge on any atom is 0.185 e. The fourth-order valence-corrected chi connectivity index (χ4v) is 4.03. The Hall–Kier alpha value is -0.610. The van der Waals surface area contributed by atoms with E-state index in [1.54, 1.807) is 0 Å². The van der Waals surface area contributed by atoms with E-state index < -0.39 is 0 Å². The van der Waals surface area contributed by atoms with Crippen molar-refractivity contribution in [2.24, 2.45) is 5.92 Å². The summed E-state index contributed by atoms with van der Waals surface area (Å²) in [7, 11) is 0. The van der Waals surface area contributed by atoms with Crippen molar-refractivity contribution < 1.29 is 0 Å². The molecule has 0 aromatic carbocycles. The first-order chi connectivity index (χ1) is 9.45. The van der Waals surface area contributed by atoms with E-state index in [0.29, 0.717) is 0 Å². The molecule has 1 saturated heterocycles. The van der Waals surface area contributed by atoms with Crippen LogP contribution >= 0.6 is 11.3 Å². The summed E-state index contributed by atoms with van der Waals surface area (Å²) in [4.78, 5) is 8.89. The molecule has 0 aliphatic carbocycles. The second kappa shape index (κ2) is 6.44.